The van der Waals surface area contributed by atoms with Crippen LogP contribution in [0.25, 0.3) is 0 Å². The first-order valence-electron chi connectivity index (χ1n) is 6.76. The van der Waals surface area contributed by atoms with Gasteiger partial charge in [0.2, 0.25) is 10.0 Å². The van der Waals surface area contributed by atoms with Crippen LogP contribution in [0.5, 0.6) is 5.75 Å². The minimum atomic E-state index is -3.60. The van der Waals surface area contributed by atoms with Crippen LogP contribution < -0.4 is 15.2 Å². The topological polar surface area (TPSA) is 81.4 Å². The summed E-state index contributed by atoms with van der Waals surface area (Å²) in [5.41, 5.74) is 5.97. The number of rotatable bonds is 7. The predicted octanol–water partition coefficient (Wildman–Crippen LogP) is 2.38. The van der Waals surface area contributed by atoms with Gasteiger partial charge in [-0.3, -0.25) is 0 Å². The standard InChI is InChI=1S/C14H24N2O3S/c1-5-10(2)8-11(3)16-20(17,18)14-7-6-12(19-4)9-13(14)15/h6-7,9-11,16H,5,8,15H2,1-4H3. The van der Waals surface area contributed by atoms with E-state index in [1.54, 1.807) is 6.07 Å². The molecular weight excluding hydrogens is 276 g/mol. The van der Waals surface area contributed by atoms with E-state index in [-0.39, 0.29) is 16.6 Å². The Morgan fingerprint density at radius 3 is 2.50 bits per heavy atom. The van der Waals surface area contributed by atoms with Crippen LogP contribution in [0.3, 0.4) is 0 Å². The lowest BCUT2D eigenvalue weighted by molar-refractivity contribution is 0.414. The van der Waals surface area contributed by atoms with Crippen molar-refractivity contribution in [1.29, 1.82) is 0 Å². The van der Waals surface area contributed by atoms with Gasteiger partial charge in [0.05, 0.1) is 12.8 Å². The van der Waals surface area contributed by atoms with Gasteiger partial charge in [0.15, 0.2) is 0 Å². The molecule has 20 heavy (non-hydrogen) atoms. The summed E-state index contributed by atoms with van der Waals surface area (Å²) in [6.07, 6.45) is 1.82. The molecule has 0 fully saturated rings. The molecule has 0 heterocycles. The monoisotopic (exact) mass is 300 g/mol. The summed E-state index contributed by atoms with van der Waals surface area (Å²) < 4.78 is 32.3. The highest BCUT2D eigenvalue weighted by Crippen LogP contribution is 2.24. The molecule has 5 nitrogen and oxygen atoms in total. The lowest BCUT2D eigenvalue weighted by Crippen LogP contribution is -2.34. The van der Waals surface area contributed by atoms with Crippen LogP contribution in [0.15, 0.2) is 23.1 Å². The van der Waals surface area contributed by atoms with Crippen molar-refractivity contribution in [2.75, 3.05) is 12.8 Å². The molecule has 2 unspecified atom stereocenters. The Bertz CT molecular complexity index is 543. The van der Waals surface area contributed by atoms with Crippen LogP contribution >= 0.6 is 0 Å². The van der Waals surface area contributed by atoms with E-state index < -0.39 is 10.0 Å². The molecule has 0 aliphatic heterocycles. The number of methoxy groups -OCH3 is 1. The van der Waals surface area contributed by atoms with Gasteiger partial charge in [-0.05, 0) is 31.4 Å². The molecule has 0 saturated carbocycles. The molecule has 0 aliphatic rings. The average molecular weight is 300 g/mol. The zero-order valence-electron chi connectivity index (χ0n) is 12.5. The summed E-state index contributed by atoms with van der Waals surface area (Å²) in [4.78, 5) is 0.0919. The Labute approximate surface area is 121 Å². The molecule has 1 aromatic rings. The van der Waals surface area contributed by atoms with Crippen molar-refractivity contribution in [2.24, 2.45) is 5.92 Å². The van der Waals surface area contributed by atoms with Crippen LogP contribution in [0.2, 0.25) is 0 Å². The summed E-state index contributed by atoms with van der Waals surface area (Å²) >= 11 is 0. The smallest absolute Gasteiger partial charge is 0.242 e. The summed E-state index contributed by atoms with van der Waals surface area (Å²) in [5.74, 6) is 1.01. The number of nitrogens with one attached hydrogen (secondary N) is 1. The normalized spacial score (nSPS) is 14.8. The zero-order chi connectivity index (χ0) is 15.3. The van der Waals surface area contributed by atoms with Crippen molar-refractivity contribution in [3.63, 3.8) is 0 Å². The zero-order valence-corrected chi connectivity index (χ0v) is 13.3. The van der Waals surface area contributed by atoms with E-state index in [1.807, 2.05) is 6.92 Å². The van der Waals surface area contributed by atoms with Crippen LogP contribution in [-0.4, -0.2) is 21.6 Å². The Morgan fingerprint density at radius 1 is 1.35 bits per heavy atom. The minimum Gasteiger partial charge on any atom is -0.497 e. The number of ether oxygens (including phenoxy) is 1. The SMILES string of the molecule is CCC(C)CC(C)NS(=O)(=O)c1ccc(OC)cc1N. The van der Waals surface area contributed by atoms with Gasteiger partial charge in [-0.15, -0.1) is 0 Å². The molecule has 0 radical (unpaired) electrons. The van der Waals surface area contributed by atoms with Crippen LogP contribution in [0, 0.1) is 5.92 Å². The number of nitrogen functional groups attached to an aromatic ring is 1. The van der Waals surface area contributed by atoms with E-state index in [4.69, 9.17) is 10.5 Å². The van der Waals surface area contributed by atoms with Gasteiger partial charge in [0, 0.05) is 12.1 Å². The molecule has 2 atom stereocenters. The van der Waals surface area contributed by atoms with E-state index >= 15 is 0 Å². The second-order valence-corrected chi connectivity index (χ2v) is 6.86. The average Bonchev–Trinajstić information content (AvgIpc) is 2.37. The van der Waals surface area contributed by atoms with E-state index in [1.165, 1.54) is 19.2 Å². The van der Waals surface area contributed by atoms with Gasteiger partial charge in [-0.1, -0.05) is 20.3 Å². The van der Waals surface area contributed by atoms with Crippen molar-refractivity contribution >= 4 is 15.7 Å². The van der Waals surface area contributed by atoms with E-state index in [0.717, 1.165) is 12.8 Å². The summed E-state index contributed by atoms with van der Waals surface area (Å²) in [7, 11) is -2.09. The molecule has 0 amide bonds. The molecule has 6 heteroatoms. The molecule has 1 rings (SSSR count). The fraction of sp³-hybridized carbons (Fsp3) is 0.571. The quantitative estimate of drug-likeness (QED) is 0.758. The molecule has 1 aromatic carbocycles. The van der Waals surface area contributed by atoms with E-state index in [9.17, 15) is 8.42 Å². The number of sulfonamides is 1. The van der Waals surface area contributed by atoms with Crippen molar-refractivity contribution in [3.05, 3.63) is 18.2 Å². The summed E-state index contributed by atoms with van der Waals surface area (Å²) in [6, 6.07) is 4.43. The van der Waals surface area contributed by atoms with Crippen LogP contribution in [0.1, 0.15) is 33.6 Å². The maximum atomic E-state index is 12.3. The first-order valence-corrected chi connectivity index (χ1v) is 8.24. The lowest BCUT2D eigenvalue weighted by atomic mass is 10.0. The van der Waals surface area contributed by atoms with Crippen LogP contribution in [0.4, 0.5) is 5.69 Å². The fourth-order valence-electron chi connectivity index (χ4n) is 2.04. The van der Waals surface area contributed by atoms with Gasteiger partial charge in [-0.2, -0.15) is 0 Å². The molecule has 0 aromatic heterocycles. The number of hydrogen-bond acceptors (Lipinski definition) is 4. The van der Waals surface area contributed by atoms with E-state index in [0.29, 0.717) is 11.7 Å². The summed E-state index contributed by atoms with van der Waals surface area (Å²) in [5, 5.41) is 0. The van der Waals surface area contributed by atoms with E-state index in [2.05, 4.69) is 18.6 Å². The summed E-state index contributed by atoms with van der Waals surface area (Å²) in [6.45, 7) is 6.06. The van der Waals surface area contributed by atoms with Gasteiger partial charge >= 0.3 is 0 Å². The Morgan fingerprint density at radius 2 is 2.00 bits per heavy atom. The third kappa shape index (κ3) is 4.38. The number of nitrogens with two attached hydrogens (primary N) is 1. The Hall–Kier alpha value is -1.27. The highest BCUT2D eigenvalue weighted by atomic mass is 32.2. The lowest BCUT2D eigenvalue weighted by Gasteiger charge is -2.18. The number of hydrogen-bond donors (Lipinski definition) is 2. The first kappa shape index (κ1) is 16.8. The largest absolute Gasteiger partial charge is 0.497 e. The third-order valence-electron chi connectivity index (χ3n) is 3.32. The van der Waals surface area contributed by atoms with Crippen molar-refractivity contribution in [2.45, 2.75) is 44.6 Å². The maximum Gasteiger partial charge on any atom is 0.242 e. The predicted molar refractivity (Wildman–Crippen MR) is 81.3 cm³/mol. The Balaban J connectivity index is 2.88. The third-order valence-corrected chi connectivity index (χ3v) is 4.98. The number of anilines is 1. The second-order valence-electron chi connectivity index (χ2n) is 5.18. The van der Waals surface area contributed by atoms with Gasteiger partial charge in [0.1, 0.15) is 10.6 Å². The maximum absolute atomic E-state index is 12.3. The highest BCUT2D eigenvalue weighted by molar-refractivity contribution is 7.89. The minimum absolute atomic E-state index is 0.0919. The Kier molecular flexibility index (Phi) is 5.83. The molecular formula is C14H24N2O3S. The molecule has 0 spiro atoms. The molecule has 0 aliphatic carbocycles. The number of benzene rings is 1. The van der Waals surface area contributed by atoms with Crippen molar-refractivity contribution in [3.8, 4) is 5.75 Å². The van der Waals surface area contributed by atoms with Gasteiger partial charge in [-0.25, -0.2) is 13.1 Å². The molecule has 0 bridgehead atoms. The van der Waals surface area contributed by atoms with Crippen LogP contribution in [-0.2, 0) is 10.0 Å². The van der Waals surface area contributed by atoms with Gasteiger partial charge < -0.3 is 10.5 Å². The first-order chi connectivity index (χ1) is 9.30. The molecule has 114 valence electrons. The molecule has 3 N–H and O–H groups in total. The van der Waals surface area contributed by atoms with Crippen molar-refractivity contribution < 1.29 is 13.2 Å². The highest BCUT2D eigenvalue weighted by Gasteiger charge is 2.21. The molecule has 0 saturated heterocycles. The fourth-order valence-corrected chi connectivity index (χ4v) is 3.41. The second kappa shape index (κ2) is 6.95. The van der Waals surface area contributed by atoms with Gasteiger partial charge in [0.25, 0.3) is 0 Å². The van der Waals surface area contributed by atoms with Crippen molar-refractivity contribution in [1.82, 2.24) is 4.72 Å².